The van der Waals surface area contributed by atoms with Crippen LogP contribution in [0.25, 0.3) is 0 Å². The monoisotopic (exact) mass is 284 g/mol. The van der Waals surface area contributed by atoms with Crippen molar-refractivity contribution in [2.45, 2.75) is 19.9 Å². The standard InChI is InChI=1S/C13H17ClN2O3/c1-7(2)12(15)13(17)16-9-6-11-10(5-8(9)14)18-3-4-19-11/h5-7,12H,3-4,15H2,1-2H3,(H,16,17). The number of hydrogen-bond donors (Lipinski definition) is 2. The van der Waals surface area contributed by atoms with E-state index in [9.17, 15) is 4.79 Å². The number of hydrogen-bond acceptors (Lipinski definition) is 4. The van der Waals surface area contributed by atoms with E-state index in [2.05, 4.69) is 5.32 Å². The third-order valence-electron chi connectivity index (χ3n) is 2.91. The van der Waals surface area contributed by atoms with Crippen LogP contribution in [0.3, 0.4) is 0 Å². The highest BCUT2D eigenvalue weighted by Gasteiger charge is 2.20. The summed E-state index contributed by atoms with van der Waals surface area (Å²) >= 11 is 6.10. The fourth-order valence-electron chi connectivity index (χ4n) is 1.68. The lowest BCUT2D eigenvalue weighted by molar-refractivity contribution is -0.118. The summed E-state index contributed by atoms with van der Waals surface area (Å²) in [5.74, 6) is 0.941. The van der Waals surface area contributed by atoms with Crippen LogP contribution in [0.15, 0.2) is 12.1 Å². The average Bonchev–Trinajstić information content (AvgIpc) is 2.38. The van der Waals surface area contributed by atoms with Crippen LogP contribution in [0.2, 0.25) is 5.02 Å². The van der Waals surface area contributed by atoms with E-state index in [-0.39, 0.29) is 11.8 Å². The van der Waals surface area contributed by atoms with Crippen molar-refractivity contribution in [2.24, 2.45) is 11.7 Å². The molecule has 104 valence electrons. The zero-order valence-corrected chi connectivity index (χ0v) is 11.7. The second kappa shape index (κ2) is 5.67. The molecule has 0 bridgehead atoms. The molecule has 0 aliphatic carbocycles. The van der Waals surface area contributed by atoms with E-state index < -0.39 is 6.04 Å². The van der Waals surface area contributed by atoms with Gasteiger partial charge in [0.1, 0.15) is 13.2 Å². The molecule has 0 saturated carbocycles. The van der Waals surface area contributed by atoms with Gasteiger partial charge >= 0.3 is 0 Å². The Balaban J connectivity index is 2.19. The second-order valence-electron chi connectivity index (χ2n) is 4.73. The van der Waals surface area contributed by atoms with Crippen LogP contribution in [0.4, 0.5) is 5.69 Å². The van der Waals surface area contributed by atoms with E-state index >= 15 is 0 Å². The van der Waals surface area contributed by atoms with Gasteiger partial charge in [-0.15, -0.1) is 0 Å². The van der Waals surface area contributed by atoms with Crippen molar-refractivity contribution in [3.63, 3.8) is 0 Å². The van der Waals surface area contributed by atoms with Gasteiger partial charge in [0.25, 0.3) is 0 Å². The van der Waals surface area contributed by atoms with E-state index in [0.29, 0.717) is 35.4 Å². The number of carbonyl (C=O) groups is 1. The van der Waals surface area contributed by atoms with Gasteiger partial charge in [0, 0.05) is 12.1 Å². The zero-order valence-electron chi connectivity index (χ0n) is 10.9. The molecule has 0 spiro atoms. The molecule has 1 heterocycles. The Hall–Kier alpha value is -1.46. The summed E-state index contributed by atoms with van der Waals surface area (Å²) in [7, 11) is 0. The highest BCUT2D eigenvalue weighted by atomic mass is 35.5. The second-order valence-corrected chi connectivity index (χ2v) is 5.14. The molecule has 1 aliphatic rings. The van der Waals surface area contributed by atoms with Crippen molar-refractivity contribution >= 4 is 23.2 Å². The number of benzene rings is 1. The summed E-state index contributed by atoms with van der Waals surface area (Å²) in [6.45, 7) is 4.74. The largest absolute Gasteiger partial charge is 0.486 e. The van der Waals surface area contributed by atoms with Gasteiger partial charge in [0.2, 0.25) is 5.91 Å². The van der Waals surface area contributed by atoms with Gasteiger partial charge in [-0.1, -0.05) is 25.4 Å². The summed E-state index contributed by atoms with van der Waals surface area (Å²) in [6, 6.07) is 2.71. The Morgan fingerprint density at radius 3 is 2.47 bits per heavy atom. The molecule has 0 aromatic heterocycles. The number of rotatable bonds is 3. The van der Waals surface area contributed by atoms with E-state index in [1.54, 1.807) is 12.1 Å². The molecule has 1 amide bonds. The average molecular weight is 285 g/mol. The van der Waals surface area contributed by atoms with Gasteiger partial charge in [-0.05, 0) is 5.92 Å². The van der Waals surface area contributed by atoms with Crippen molar-refractivity contribution in [3.8, 4) is 11.5 Å². The molecule has 6 heteroatoms. The maximum Gasteiger partial charge on any atom is 0.241 e. The van der Waals surface area contributed by atoms with E-state index in [1.165, 1.54) is 0 Å². The number of nitrogens with two attached hydrogens (primary N) is 1. The van der Waals surface area contributed by atoms with Crippen LogP contribution in [0.1, 0.15) is 13.8 Å². The first-order chi connectivity index (χ1) is 8.99. The Kier molecular flexibility index (Phi) is 4.17. The van der Waals surface area contributed by atoms with E-state index in [0.717, 1.165) is 0 Å². The molecule has 19 heavy (non-hydrogen) atoms. The first kappa shape index (κ1) is 14.0. The number of anilines is 1. The normalized spacial score (nSPS) is 15.2. The molecule has 1 unspecified atom stereocenters. The van der Waals surface area contributed by atoms with Crippen molar-refractivity contribution < 1.29 is 14.3 Å². The number of ether oxygens (including phenoxy) is 2. The number of halogens is 1. The van der Waals surface area contributed by atoms with Gasteiger partial charge < -0.3 is 20.5 Å². The predicted octanol–water partition coefficient (Wildman–Crippen LogP) is 2.03. The van der Waals surface area contributed by atoms with Crippen LogP contribution in [0.5, 0.6) is 11.5 Å². The molecule has 1 aromatic rings. The lowest BCUT2D eigenvalue weighted by Crippen LogP contribution is -2.39. The van der Waals surface area contributed by atoms with Crippen molar-refractivity contribution in [3.05, 3.63) is 17.2 Å². The molecule has 2 rings (SSSR count). The van der Waals surface area contributed by atoms with Crippen LogP contribution in [-0.2, 0) is 4.79 Å². The number of nitrogens with one attached hydrogen (secondary N) is 1. The van der Waals surface area contributed by atoms with Gasteiger partial charge in [0.05, 0.1) is 16.8 Å². The van der Waals surface area contributed by atoms with Gasteiger partial charge in [-0.25, -0.2) is 0 Å². The first-order valence-electron chi connectivity index (χ1n) is 6.14. The van der Waals surface area contributed by atoms with Crippen LogP contribution in [-0.4, -0.2) is 25.2 Å². The fraction of sp³-hybridized carbons (Fsp3) is 0.462. The molecular weight excluding hydrogens is 268 g/mol. The summed E-state index contributed by atoms with van der Waals surface area (Å²) in [5, 5.41) is 3.11. The molecule has 1 aliphatic heterocycles. The lowest BCUT2D eigenvalue weighted by atomic mass is 10.0. The maximum atomic E-state index is 11.9. The lowest BCUT2D eigenvalue weighted by Gasteiger charge is -2.21. The SMILES string of the molecule is CC(C)C(N)C(=O)Nc1cc2c(cc1Cl)OCCO2. The molecule has 5 nitrogen and oxygen atoms in total. The van der Waals surface area contributed by atoms with Crippen molar-refractivity contribution in [1.82, 2.24) is 0 Å². The fourth-order valence-corrected chi connectivity index (χ4v) is 1.88. The molecular formula is C13H17ClN2O3. The molecule has 0 saturated heterocycles. The molecule has 1 atom stereocenters. The minimum atomic E-state index is -0.579. The molecule has 0 fully saturated rings. The summed E-state index contributed by atoms with van der Waals surface area (Å²) in [5.41, 5.74) is 6.26. The van der Waals surface area contributed by atoms with Crippen molar-refractivity contribution in [2.75, 3.05) is 18.5 Å². The molecule has 1 aromatic carbocycles. The van der Waals surface area contributed by atoms with Crippen LogP contribution in [0, 0.1) is 5.92 Å². The Bertz CT molecular complexity index is 491. The van der Waals surface area contributed by atoms with Gasteiger partial charge in [0.15, 0.2) is 11.5 Å². The van der Waals surface area contributed by atoms with Crippen molar-refractivity contribution in [1.29, 1.82) is 0 Å². The Morgan fingerprint density at radius 1 is 1.32 bits per heavy atom. The van der Waals surface area contributed by atoms with E-state index in [1.807, 2.05) is 13.8 Å². The summed E-state index contributed by atoms with van der Waals surface area (Å²) in [4.78, 5) is 11.9. The highest BCUT2D eigenvalue weighted by molar-refractivity contribution is 6.34. The summed E-state index contributed by atoms with van der Waals surface area (Å²) in [6.07, 6.45) is 0. The number of fused-ring (bicyclic) bond motifs is 1. The smallest absolute Gasteiger partial charge is 0.241 e. The number of amides is 1. The summed E-state index contributed by atoms with van der Waals surface area (Å²) < 4.78 is 10.8. The Morgan fingerprint density at radius 2 is 1.89 bits per heavy atom. The Labute approximate surface area is 117 Å². The minimum Gasteiger partial charge on any atom is -0.486 e. The van der Waals surface area contributed by atoms with Crippen LogP contribution >= 0.6 is 11.6 Å². The van der Waals surface area contributed by atoms with E-state index in [4.69, 9.17) is 26.8 Å². The van der Waals surface area contributed by atoms with Crippen LogP contribution < -0.4 is 20.5 Å². The predicted molar refractivity (Wildman–Crippen MR) is 73.9 cm³/mol. The quantitative estimate of drug-likeness (QED) is 0.891. The molecule has 3 N–H and O–H groups in total. The highest BCUT2D eigenvalue weighted by Crippen LogP contribution is 2.37. The van der Waals surface area contributed by atoms with Gasteiger partial charge in [-0.2, -0.15) is 0 Å². The minimum absolute atomic E-state index is 0.0518. The third-order valence-corrected chi connectivity index (χ3v) is 3.22. The zero-order chi connectivity index (χ0) is 14.0. The third kappa shape index (κ3) is 3.11. The first-order valence-corrected chi connectivity index (χ1v) is 6.52. The molecule has 0 radical (unpaired) electrons. The number of carbonyl (C=O) groups excluding carboxylic acids is 1. The topological polar surface area (TPSA) is 73.6 Å². The van der Waals surface area contributed by atoms with Gasteiger partial charge in [-0.3, -0.25) is 4.79 Å². The maximum absolute atomic E-state index is 11.9.